The molecule has 2 aliphatic heterocycles. The number of imidazole rings is 1. The highest BCUT2D eigenvalue weighted by Crippen LogP contribution is 2.28. The zero-order chi connectivity index (χ0) is 22.2. The molecule has 1 N–H and O–H groups in total. The predicted octanol–water partition coefficient (Wildman–Crippen LogP) is 4.78. The Kier molecular flexibility index (Phi) is 5.59. The van der Waals surface area contributed by atoms with E-state index in [1.54, 1.807) is 6.07 Å². The molecule has 1 aromatic heterocycles. The minimum absolute atomic E-state index is 0.0288. The summed E-state index contributed by atoms with van der Waals surface area (Å²) in [5.41, 5.74) is 4.24. The summed E-state index contributed by atoms with van der Waals surface area (Å²) >= 11 is 0. The highest BCUT2D eigenvalue weighted by Gasteiger charge is 2.28. The SMILES string of the molecule is Cc1cc(-c2nc3cc(F)ccc3n2C)ccc1NC(=O)N1CCC(N2CCCC2)CC1. The van der Waals surface area contributed by atoms with Crippen molar-refractivity contribution < 1.29 is 9.18 Å². The van der Waals surface area contributed by atoms with E-state index >= 15 is 0 Å². The molecule has 2 amide bonds. The Morgan fingerprint density at radius 1 is 1.06 bits per heavy atom. The first-order valence-electron chi connectivity index (χ1n) is 11.5. The average Bonchev–Trinajstić information content (AvgIpc) is 3.44. The van der Waals surface area contributed by atoms with Gasteiger partial charge in [0.2, 0.25) is 0 Å². The molecule has 3 aromatic rings. The number of fused-ring (bicyclic) bond motifs is 1. The number of urea groups is 1. The highest BCUT2D eigenvalue weighted by molar-refractivity contribution is 5.91. The molecule has 2 fully saturated rings. The number of likely N-dealkylation sites (tertiary alicyclic amines) is 2. The summed E-state index contributed by atoms with van der Waals surface area (Å²) in [6.07, 6.45) is 4.72. The number of hydrogen-bond acceptors (Lipinski definition) is 3. The number of piperidine rings is 1. The van der Waals surface area contributed by atoms with E-state index in [4.69, 9.17) is 0 Å². The van der Waals surface area contributed by atoms with Crippen LogP contribution < -0.4 is 5.32 Å². The van der Waals surface area contributed by atoms with Crippen LogP contribution in [0.4, 0.5) is 14.9 Å². The number of benzene rings is 2. The standard InChI is InChI=1S/C25H30FN5O/c1-17-15-18(24-27-22-16-19(26)6-8-23(22)29(24)2)5-7-21(17)28-25(32)31-13-9-20(10-14-31)30-11-3-4-12-30/h5-8,15-16,20H,3-4,9-14H2,1-2H3,(H,28,32). The average molecular weight is 436 g/mol. The first kappa shape index (κ1) is 20.9. The third-order valence-corrected chi connectivity index (χ3v) is 6.98. The molecule has 6 nitrogen and oxygen atoms in total. The van der Waals surface area contributed by atoms with Gasteiger partial charge in [0.1, 0.15) is 11.6 Å². The lowest BCUT2D eigenvalue weighted by molar-refractivity contribution is 0.140. The molecule has 32 heavy (non-hydrogen) atoms. The maximum Gasteiger partial charge on any atom is 0.321 e. The molecular formula is C25H30FN5O. The number of anilines is 1. The van der Waals surface area contributed by atoms with E-state index in [0.29, 0.717) is 11.6 Å². The molecular weight excluding hydrogens is 405 g/mol. The van der Waals surface area contributed by atoms with Gasteiger partial charge in [0.15, 0.2) is 0 Å². The molecule has 0 radical (unpaired) electrons. The van der Waals surface area contributed by atoms with E-state index in [0.717, 1.165) is 54.1 Å². The molecule has 3 heterocycles. The normalized spacial score (nSPS) is 17.9. The highest BCUT2D eigenvalue weighted by atomic mass is 19.1. The molecule has 0 atom stereocenters. The summed E-state index contributed by atoms with van der Waals surface area (Å²) in [7, 11) is 1.93. The van der Waals surface area contributed by atoms with Crippen molar-refractivity contribution in [1.29, 1.82) is 0 Å². The molecule has 168 valence electrons. The first-order chi connectivity index (χ1) is 15.5. The minimum atomic E-state index is -0.291. The van der Waals surface area contributed by atoms with Crippen LogP contribution in [0.3, 0.4) is 0 Å². The Labute approximate surface area is 188 Å². The quantitative estimate of drug-likeness (QED) is 0.644. The van der Waals surface area contributed by atoms with Gasteiger partial charge in [-0.3, -0.25) is 0 Å². The van der Waals surface area contributed by atoms with Gasteiger partial charge in [-0.1, -0.05) is 0 Å². The topological polar surface area (TPSA) is 53.4 Å². The summed E-state index contributed by atoms with van der Waals surface area (Å²) in [5, 5.41) is 3.09. The fourth-order valence-corrected chi connectivity index (χ4v) is 5.11. The van der Waals surface area contributed by atoms with E-state index in [1.165, 1.54) is 38.1 Å². The van der Waals surface area contributed by atoms with Gasteiger partial charge < -0.3 is 19.7 Å². The molecule has 0 saturated carbocycles. The molecule has 2 aliphatic rings. The van der Waals surface area contributed by atoms with Crippen LogP contribution in [0, 0.1) is 12.7 Å². The Balaban J connectivity index is 1.27. The maximum atomic E-state index is 13.6. The third kappa shape index (κ3) is 3.97. The number of hydrogen-bond donors (Lipinski definition) is 1. The van der Waals surface area contributed by atoms with Crippen molar-refractivity contribution in [2.24, 2.45) is 7.05 Å². The number of aromatic nitrogens is 2. The van der Waals surface area contributed by atoms with Gasteiger partial charge in [-0.05, 0) is 81.6 Å². The van der Waals surface area contributed by atoms with Crippen molar-refractivity contribution in [2.75, 3.05) is 31.5 Å². The monoisotopic (exact) mass is 435 g/mol. The molecule has 0 unspecified atom stereocenters. The second kappa shape index (κ2) is 8.54. The molecule has 7 heteroatoms. The molecule has 0 bridgehead atoms. The van der Waals surface area contributed by atoms with Crippen LogP contribution >= 0.6 is 0 Å². The zero-order valence-corrected chi connectivity index (χ0v) is 18.8. The van der Waals surface area contributed by atoms with Gasteiger partial charge in [-0.15, -0.1) is 0 Å². The second-order valence-electron chi connectivity index (χ2n) is 9.05. The molecule has 5 rings (SSSR count). The lowest BCUT2D eigenvalue weighted by Crippen LogP contribution is -2.47. The van der Waals surface area contributed by atoms with Gasteiger partial charge in [-0.2, -0.15) is 0 Å². The van der Waals surface area contributed by atoms with Gasteiger partial charge in [-0.25, -0.2) is 14.2 Å². The largest absolute Gasteiger partial charge is 0.327 e. The van der Waals surface area contributed by atoms with Crippen LogP contribution in [0.5, 0.6) is 0 Å². The van der Waals surface area contributed by atoms with Crippen LogP contribution in [0.2, 0.25) is 0 Å². The number of nitrogens with zero attached hydrogens (tertiary/aromatic N) is 4. The minimum Gasteiger partial charge on any atom is -0.327 e. The van der Waals surface area contributed by atoms with E-state index in [9.17, 15) is 9.18 Å². The van der Waals surface area contributed by atoms with E-state index in [1.807, 2.05) is 41.6 Å². The van der Waals surface area contributed by atoms with Crippen LogP contribution in [0.15, 0.2) is 36.4 Å². The van der Waals surface area contributed by atoms with Crippen molar-refractivity contribution in [1.82, 2.24) is 19.4 Å². The fourth-order valence-electron chi connectivity index (χ4n) is 5.11. The van der Waals surface area contributed by atoms with Crippen molar-refractivity contribution in [2.45, 2.75) is 38.6 Å². The summed E-state index contributed by atoms with van der Waals surface area (Å²) in [6, 6.07) is 11.2. The summed E-state index contributed by atoms with van der Waals surface area (Å²) in [6.45, 7) is 6.02. The summed E-state index contributed by atoms with van der Waals surface area (Å²) < 4.78 is 15.5. The lowest BCUT2D eigenvalue weighted by Gasteiger charge is -2.36. The lowest BCUT2D eigenvalue weighted by atomic mass is 10.0. The van der Waals surface area contributed by atoms with Crippen LogP contribution in [-0.2, 0) is 7.05 Å². The van der Waals surface area contributed by atoms with Crippen LogP contribution in [0.25, 0.3) is 22.4 Å². The van der Waals surface area contributed by atoms with Gasteiger partial charge in [0, 0.05) is 43.5 Å². The Hall–Kier alpha value is -2.93. The molecule has 2 saturated heterocycles. The van der Waals surface area contributed by atoms with E-state index in [2.05, 4.69) is 15.2 Å². The van der Waals surface area contributed by atoms with Crippen molar-refractivity contribution in [3.63, 3.8) is 0 Å². The number of amides is 2. The number of aryl methyl sites for hydroxylation is 2. The van der Waals surface area contributed by atoms with Crippen molar-refractivity contribution in [3.8, 4) is 11.4 Å². The number of nitrogens with one attached hydrogen (secondary N) is 1. The number of carbonyl (C=O) groups excluding carboxylic acids is 1. The first-order valence-corrected chi connectivity index (χ1v) is 11.5. The Morgan fingerprint density at radius 3 is 2.53 bits per heavy atom. The summed E-state index contributed by atoms with van der Waals surface area (Å²) in [4.78, 5) is 22.0. The number of carbonyl (C=O) groups is 1. The molecule has 0 aliphatic carbocycles. The number of halogens is 1. The predicted molar refractivity (Wildman–Crippen MR) is 125 cm³/mol. The smallest absolute Gasteiger partial charge is 0.321 e. The van der Waals surface area contributed by atoms with Crippen molar-refractivity contribution in [3.05, 3.63) is 47.8 Å². The van der Waals surface area contributed by atoms with Gasteiger partial charge in [0.25, 0.3) is 0 Å². The fraction of sp³-hybridized carbons (Fsp3) is 0.440. The molecule has 0 spiro atoms. The third-order valence-electron chi connectivity index (χ3n) is 6.98. The van der Waals surface area contributed by atoms with Crippen LogP contribution in [0.1, 0.15) is 31.2 Å². The van der Waals surface area contributed by atoms with Crippen LogP contribution in [-0.4, -0.2) is 57.6 Å². The Morgan fingerprint density at radius 2 is 1.81 bits per heavy atom. The summed E-state index contributed by atoms with van der Waals surface area (Å²) in [5.74, 6) is 0.483. The van der Waals surface area contributed by atoms with E-state index in [-0.39, 0.29) is 11.8 Å². The Bertz CT molecular complexity index is 1140. The molecule has 2 aromatic carbocycles. The second-order valence-corrected chi connectivity index (χ2v) is 9.05. The van der Waals surface area contributed by atoms with Gasteiger partial charge >= 0.3 is 6.03 Å². The van der Waals surface area contributed by atoms with E-state index < -0.39 is 0 Å². The maximum absolute atomic E-state index is 13.6. The van der Waals surface area contributed by atoms with Gasteiger partial charge in [0.05, 0.1) is 11.0 Å². The van der Waals surface area contributed by atoms with Crippen molar-refractivity contribution >= 4 is 22.8 Å². The number of rotatable bonds is 3. The zero-order valence-electron chi connectivity index (χ0n) is 18.8.